The molecule has 0 radical (unpaired) electrons. The maximum atomic E-state index is 12.6. The number of hydrazone groups is 1. The predicted octanol–water partition coefficient (Wildman–Crippen LogP) is 4.59. The predicted molar refractivity (Wildman–Crippen MR) is 144 cm³/mol. The lowest BCUT2D eigenvalue weighted by atomic mass is 10.1. The maximum Gasteiger partial charge on any atom is 0.250 e. The number of benzene rings is 3. The van der Waals surface area contributed by atoms with Gasteiger partial charge in [-0.05, 0) is 67.6 Å². The Labute approximate surface area is 219 Å². The number of aromatic nitrogens is 3. The van der Waals surface area contributed by atoms with E-state index in [9.17, 15) is 4.79 Å². The first-order valence-corrected chi connectivity index (χ1v) is 12.4. The van der Waals surface area contributed by atoms with E-state index < -0.39 is 0 Å². The number of nitrogens with zero attached hydrogens (tertiary/aromatic N) is 4. The number of amides is 1. The van der Waals surface area contributed by atoms with Gasteiger partial charge in [0, 0.05) is 16.8 Å². The molecule has 0 aliphatic carbocycles. The normalized spacial score (nSPS) is 11.2. The Bertz CT molecular complexity index is 1380. The molecule has 0 fully saturated rings. The van der Waals surface area contributed by atoms with E-state index in [-0.39, 0.29) is 11.7 Å². The number of rotatable bonds is 10. The van der Waals surface area contributed by atoms with E-state index in [0.29, 0.717) is 16.7 Å². The van der Waals surface area contributed by atoms with Crippen LogP contribution in [-0.4, -0.2) is 53.5 Å². The summed E-state index contributed by atoms with van der Waals surface area (Å²) >= 11 is 1.27. The van der Waals surface area contributed by atoms with Crippen LogP contribution in [-0.2, 0) is 4.79 Å². The van der Waals surface area contributed by atoms with Crippen molar-refractivity contribution in [1.82, 2.24) is 20.2 Å². The molecule has 37 heavy (non-hydrogen) atoms. The van der Waals surface area contributed by atoms with E-state index in [1.165, 1.54) is 11.8 Å². The van der Waals surface area contributed by atoms with Crippen LogP contribution in [0.15, 0.2) is 83.1 Å². The van der Waals surface area contributed by atoms with Gasteiger partial charge in [-0.25, -0.2) is 5.43 Å². The molecule has 1 heterocycles. The van der Waals surface area contributed by atoms with Gasteiger partial charge >= 0.3 is 0 Å². The molecule has 0 atom stereocenters. The van der Waals surface area contributed by atoms with E-state index in [1.54, 1.807) is 21.3 Å². The zero-order chi connectivity index (χ0) is 26.2. The lowest BCUT2D eigenvalue weighted by Gasteiger charge is -2.11. The fraction of sp³-hybridized carbons (Fsp3) is 0.185. The molecule has 0 aliphatic rings. The second-order valence-electron chi connectivity index (χ2n) is 7.82. The number of ether oxygens (including phenoxy) is 3. The van der Waals surface area contributed by atoms with Crippen molar-refractivity contribution in [2.75, 3.05) is 27.1 Å². The molecule has 0 unspecified atom stereocenters. The van der Waals surface area contributed by atoms with Crippen molar-refractivity contribution in [3.8, 4) is 34.3 Å². The minimum atomic E-state index is -0.262. The van der Waals surface area contributed by atoms with Gasteiger partial charge in [-0.1, -0.05) is 23.9 Å². The highest BCUT2D eigenvalue weighted by molar-refractivity contribution is 7.99. The molecule has 10 heteroatoms. The van der Waals surface area contributed by atoms with E-state index in [2.05, 4.69) is 20.7 Å². The first-order chi connectivity index (χ1) is 18.0. The number of carbonyl (C=O) groups is 1. The Balaban J connectivity index is 1.53. The average Bonchev–Trinajstić information content (AvgIpc) is 3.38. The Morgan fingerprint density at radius 3 is 2.19 bits per heavy atom. The van der Waals surface area contributed by atoms with Crippen LogP contribution < -0.4 is 19.6 Å². The molecule has 1 N–H and O–H groups in total. The van der Waals surface area contributed by atoms with Gasteiger partial charge in [0.25, 0.3) is 5.91 Å². The minimum absolute atomic E-state index is 0.103. The molecular formula is C27H27N5O4S. The quantitative estimate of drug-likeness (QED) is 0.187. The van der Waals surface area contributed by atoms with Crippen LogP contribution in [0.5, 0.6) is 17.2 Å². The van der Waals surface area contributed by atoms with E-state index >= 15 is 0 Å². The highest BCUT2D eigenvalue weighted by atomic mass is 32.2. The van der Waals surface area contributed by atoms with Gasteiger partial charge in [0.15, 0.2) is 11.0 Å². The summed E-state index contributed by atoms with van der Waals surface area (Å²) in [6, 6.07) is 22.6. The Morgan fingerprint density at radius 2 is 1.54 bits per heavy atom. The molecular weight excluding hydrogens is 490 g/mol. The van der Waals surface area contributed by atoms with Crippen molar-refractivity contribution in [1.29, 1.82) is 0 Å². The van der Waals surface area contributed by atoms with Gasteiger partial charge in [-0.3, -0.25) is 9.36 Å². The van der Waals surface area contributed by atoms with Crippen LogP contribution in [0.25, 0.3) is 17.1 Å². The van der Waals surface area contributed by atoms with Crippen LogP contribution in [0.3, 0.4) is 0 Å². The van der Waals surface area contributed by atoms with Gasteiger partial charge in [0.05, 0.1) is 32.8 Å². The van der Waals surface area contributed by atoms with Gasteiger partial charge in [-0.2, -0.15) is 5.10 Å². The first-order valence-electron chi connectivity index (χ1n) is 11.4. The standard InChI is InChI=1S/C27H27N5O4S/c1-18(20-6-5-7-24(16-20)36-4)28-29-25(33)17-37-27-31-30-26(19-8-12-22(34-2)13-9-19)32(27)21-10-14-23(35-3)15-11-21/h5-16H,17H2,1-4H3,(H,29,33). The lowest BCUT2D eigenvalue weighted by Crippen LogP contribution is -2.21. The van der Waals surface area contributed by atoms with Crippen molar-refractivity contribution in [3.63, 3.8) is 0 Å². The summed E-state index contributed by atoms with van der Waals surface area (Å²) < 4.78 is 17.7. The molecule has 4 rings (SSSR count). The molecule has 1 aromatic heterocycles. The van der Waals surface area contributed by atoms with Crippen LogP contribution in [0.4, 0.5) is 0 Å². The number of nitrogens with one attached hydrogen (secondary N) is 1. The van der Waals surface area contributed by atoms with Gasteiger partial charge in [-0.15, -0.1) is 10.2 Å². The van der Waals surface area contributed by atoms with Crippen LogP contribution >= 0.6 is 11.8 Å². The van der Waals surface area contributed by atoms with E-state index in [0.717, 1.165) is 34.1 Å². The Morgan fingerprint density at radius 1 is 0.892 bits per heavy atom. The summed E-state index contributed by atoms with van der Waals surface area (Å²) in [5, 5.41) is 13.6. The molecule has 3 aromatic carbocycles. The topological polar surface area (TPSA) is 99.9 Å². The fourth-order valence-electron chi connectivity index (χ4n) is 3.48. The Hall–Kier alpha value is -4.31. The monoisotopic (exact) mass is 517 g/mol. The molecule has 0 bridgehead atoms. The molecule has 1 amide bonds. The molecule has 0 saturated heterocycles. The highest BCUT2D eigenvalue weighted by Gasteiger charge is 2.18. The van der Waals surface area contributed by atoms with Crippen molar-refractivity contribution in [2.45, 2.75) is 12.1 Å². The SMILES string of the molecule is COc1ccc(-c2nnc(SCC(=O)NN=C(C)c3cccc(OC)c3)n2-c2ccc(OC)cc2)cc1. The smallest absolute Gasteiger partial charge is 0.250 e. The average molecular weight is 518 g/mol. The molecule has 4 aromatic rings. The number of carbonyl (C=O) groups excluding carboxylic acids is 1. The molecule has 190 valence electrons. The molecule has 0 aliphatic heterocycles. The number of methoxy groups -OCH3 is 3. The van der Waals surface area contributed by atoms with Gasteiger partial charge < -0.3 is 14.2 Å². The zero-order valence-corrected chi connectivity index (χ0v) is 21.8. The molecule has 0 spiro atoms. The van der Waals surface area contributed by atoms with Crippen molar-refractivity contribution in [2.24, 2.45) is 5.10 Å². The number of hydrogen-bond donors (Lipinski definition) is 1. The summed E-state index contributed by atoms with van der Waals surface area (Å²) in [6.07, 6.45) is 0. The minimum Gasteiger partial charge on any atom is -0.497 e. The van der Waals surface area contributed by atoms with Gasteiger partial charge in [0.1, 0.15) is 17.2 Å². The maximum absolute atomic E-state index is 12.6. The summed E-state index contributed by atoms with van der Waals surface area (Å²) in [6.45, 7) is 1.82. The van der Waals surface area contributed by atoms with Crippen LogP contribution in [0.1, 0.15) is 12.5 Å². The second-order valence-corrected chi connectivity index (χ2v) is 8.76. The van der Waals surface area contributed by atoms with Crippen molar-refractivity contribution in [3.05, 3.63) is 78.4 Å². The second kappa shape index (κ2) is 12.1. The fourth-order valence-corrected chi connectivity index (χ4v) is 4.22. The summed E-state index contributed by atoms with van der Waals surface area (Å²) in [4.78, 5) is 12.6. The van der Waals surface area contributed by atoms with Crippen LogP contribution in [0.2, 0.25) is 0 Å². The van der Waals surface area contributed by atoms with Gasteiger partial charge in [0.2, 0.25) is 0 Å². The van der Waals surface area contributed by atoms with E-state index in [4.69, 9.17) is 14.2 Å². The van der Waals surface area contributed by atoms with Crippen molar-refractivity contribution < 1.29 is 19.0 Å². The largest absolute Gasteiger partial charge is 0.497 e. The zero-order valence-electron chi connectivity index (χ0n) is 21.0. The Kier molecular flexibility index (Phi) is 8.42. The first kappa shape index (κ1) is 25.8. The van der Waals surface area contributed by atoms with E-state index in [1.807, 2.05) is 84.3 Å². The third-order valence-corrected chi connectivity index (χ3v) is 6.41. The highest BCUT2D eigenvalue weighted by Crippen LogP contribution is 2.29. The van der Waals surface area contributed by atoms with Crippen molar-refractivity contribution >= 4 is 23.4 Å². The summed E-state index contributed by atoms with van der Waals surface area (Å²) in [7, 11) is 4.85. The summed E-state index contributed by atoms with van der Waals surface area (Å²) in [5.41, 5.74) is 5.84. The van der Waals surface area contributed by atoms with Crippen LogP contribution in [0, 0.1) is 0 Å². The third-order valence-electron chi connectivity index (χ3n) is 5.48. The number of hydrogen-bond acceptors (Lipinski definition) is 8. The lowest BCUT2D eigenvalue weighted by molar-refractivity contribution is -0.118. The molecule has 0 saturated carbocycles. The molecule has 9 nitrogen and oxygen atoms in total. The summed E-state index contributed by atoms with van der Waals surface area (Å²) in [5.74, 6) is 2.69. The third kappa shape index (κ3) is 6.28. The number of thioether (sulfide) groups is 1.